The maximum atomic E-state index is 11.2. The predicted octanol–water partition coefficient (Wildman–Crippen LogP) is 3.66. The van der Waals surface area contributed by atoms with Gasteiger partial charge in [-0.1, -0.05) is 32.5 Å². The molecule has 1 saturated carbocycles. The Hall–Kier alpha value is -0.180. The van der Waals surface area contributed by atoms with Crippen LogP contribution in [0.2, 0.25) is 0 Å². The van der Waals surface area contributed by atoms with Gasteiger partial charge >= 0.3 is 0 Å². The lowest BCUT2D eigenvalue weighted by atomic mass is 9.72. The molecule has 0 aliphatic heterocycles. The number of thioether (sulfide) groups is 1. The van der Waals surface area contributed by atoms with Gasteiger partial charge in [-0.15, -0.1) is 0 Å². The van der Waals surface area contributed by atoms with Crippen molar-refractivity contribution in [3.05, 3.63) is 0 Å². The SMILES string of the molecule is CNC(=O)SC1CCC(C(C)(C)C)CC1. The predicted molar refractivity (Wildman–Crippen MR) is 67.2 cm³/mol. The van der Waals surface area contributed by atoms with E-state index in [2.05, 4.69) is 26.1 Å². The Morgan fingerprint density at radius 3 is 2.13 bits per heavy atom. The smallest absolute Gasteiger partial charge is 0.279 e. The minimum atomic E-state index is 0.120. The molecule has 0 bridgehead atoms. The molecule has 1 amide bonds. The lowest BCUT2D eigenvalue weighted by molar-refractivity contribution is 0.182. The standard InChI is InChI=1S/C12H23NOS/c1-12(2,3)9-5-7-10(8-6-9)15-11(14)13-4/h9-10H,5-8H2,1-4H3,(H,13,14). The second kappa shape index (κ2) is 5.24. The molecule has 0 radical (unpaired) electrons. The molecule has 0 aromatic heterocycles. The van der Waals surface area contributed by atoms with Crippen molar-refractivity contribution in [3.63, 3.8) is 0 Å². The Labute approximate surface area is 97.6 Å². The van der Waals surface area contributed by atoms with Crippen LogP contribution in [0.15, 0.2) is 0 Å². The van der Waals surface area contributed by atoms with E-state index < -0.39 is 0 Å². The Kier molecular flexibility index (Phi) is 4.50. The van der Waals surface area contributed by atoms with Gasteiger partial charge in [0, 0.05) is 12.3 Å². The van der Waals surface area contributed by atoms with Gasteiger partial charge in [-0.2, -0.15) is 0 Å². The maximum Gasteiger partial charge on any atom is 0.279 e. The molecular formula is C12H23NOS. The van der Waals surface area contributed by atoms with Crippen molar-refractivity contribution >= 4 is 17.0 Å². The molecule has 0 saturated heterocycles. The molecule has 0 unspecified atom stereocenters. The normalized spacial score (nSPS) is 27.5. The number of carbonyl (C=O) groups is 1. The average Bonchev–Trinajstić information content (AvgIpc) is 2.17. The van der Waals surface area contributed by atoms with Gasteiger partial charge in [0.25, 0.3) is 5.24 Å². The zero-order chi connectivity index (χ0) is 11.5. The van der Waals surface area contributed by atoms with Gasteiger partial charge in [0.1, 0.15) is 0 Å². The first kappa shape index (κ1) is 12.9. The van der Waals surface area contributed by atoms with E-state index in [1.54, 1.807) is 7.05 Å². The molecule has 1 fully saturated rings. The van der Waals surface area contributed by atoms with Crippen molar-refractivity contribution in [1.82, 2.24) is 5.32 Å². The number of rotatable bonds is 1. The van der Waals surface area contributed by atoms with Crippen LogP contribution in [0.3, 0.4) is 0 Å². The molecule has 15 heavy (non-hydrogen) atoms. The highest BCUT2D eigenvalue weighted by molar-refractivity contribution is 8.14. The average molecular weight is 229 g/mol. The van der Waals surface area contributed by atoms with Crippen LogP contribution in [0.1, 0.15) is 46.5 Å². The number of carbonyl (C=O) groups excluding carboxylic acids is 1. The fourth-order valence-electron chi connectivity index (χ4n) is 2.26. The highest BCUT2D eigenvalue weighted by atomic mass is 32.2. The van der Waals surface area contributed by atoms with Crippen molar-refractivity contribution in [2.45, 2.75) is 51.7 Å². The molecular weight excluding hydrogens is 206 g/mol. The lowest BCUT2D eigenvalue weighted by Crippen LogP contribution is -2.28. The van der Waals surface area contributed by atoms with Crippen molar-refractivity contribution in [3.8, 4) is 0 Å². The van der Waals surface area contributed by atoms with E-state index in [0.717, 1.165) is 5.92 Å². The summed E-state index contributed by atoms with van der Waals surface area (Å²) in [6.07, 6.45) is 4.94. The summed E-state index contributed by atoms with van der Waals surface area (Å²) in [5, 5.41) is 3.34. The van der Waals surface area contributed by atoms with Crippen LogP contribution >= 0.6 is 11.8 Å². The molecule has 1 aliphatic carbocycles. The topological polar surface area (TPSA) is 29.1 Å². The van der Waals surface area contributed by atoms with Gasteiger partial charge in [0.15, 0.2) is 0 Å². The summed E-state index contributed by atoms with van der Waals surface area (Å²) in [6, 6.07) is 0. The summed E-state index contributed by atoms with van der Waals surface area (Å²) in [5.41, 5.74) is 0.433. The maximum absolute atomic E-state index is 11.2. The first-order valence-electron chi connectivity index (χ1n) is 5.82. The zero-order valence-electron chi connectivity index (χ0n) is 10.3. The van der Waals surface area contributed by atoms with Crippen molar-refractivity contribution in [2.24, 2.45) is 11.3 Å². The summed E-state index contributed by atoms with van der Waals surface area (Å²) in [6.45, 7) is 6.97. The summed E-state index contributed by atoms with van der Waals surface area (Å²) in [7, 11) is 1.70. The van der Waals surface area contributed by atoms with E-state index in [-0.39, 0.29) is 5.24 Å². The van der Waals surface area contributed by atoms with Gasteiger partial charge in [0.05, 0.1) is 0 Å². The minimum absolute atomic E-state index is 0.120. The van der Waals surface area contributed by atoms with E-state index in [1.165, 1.54) is 37.4 Å². The van der Waals surface area contributed by atoms with E-state index in [4.69, 9.17) is 0 Å². The molecule has 0 spiro atoms. The van der Waals surface area contributed by atoms with Crippen LogP contribution in [0, 0.1) is 11.3 Å². The molecule has 1 aliphatic rings. The monoisotopic (exact) mass is 229 g/mol. The van der Waals surface area contributed by atoms with Crippen LogP contribution in [-0.4, -0.2) is 17.5 Å². The molecule has 3 heteroatoms. The summed E-state index contributed by atoms with van der Waals surface area (Å²) >= 11 is 1.48. The van der Waals surface area contributed by atoms with Crippen molar-refractivity contribution < 1.29 is 4.79 Å². The number of nitrogens with one attached hydrogen (secondary N) is 1. The highest BCUT2D eigenvalue weighted by Crippen LogP contribution is 2.40. The van der Waals surface area contributed by atoms with Crippen molar-refractivity contribution in [1.29, 1.82) is 0 Å². The third-order valence-corrected chi connectivity index (χ3v) is 4.60. The van der Waals surface area contributed by atoms with E-state index in [0.29, 0.717) is 10.7 Å². The lowest BCUT2D eigenvalue weighted by Gasteiger charge is -2.36. The molecule has 1 N–H and O–H groups in total. The molecule has 0 heterocycles. The summed E-state index contributed by atoms with van der Waals surface area (Å²) in [4.78, 5) is 11.2. The second-order valence-electron chi connectivity index (χ2n) is 5.49. The Bertz CT molecular complexity index is 214. The molecule has 0 aromatic rings. The quantitative estimate of drug-likeness (QED) is 0.743. The molecule has 2 nitrogen and oxygen atoms in total. The van der Waals surface area contributed by atoms with E-state index in [1.807, 2.05) is 0 Å². The van der Waals surface area contributed by atoms with E-state index >= 15 is 0 Å². The Morgan fingerprint density at radius 1 is 1.20 bits per heavy atom. The van der Waals surface area contributed by atoms with E-state index in [9.17, 15) is 4.79 Å². The van der Waals surface area contributed by atoms with Crippen LogP contribution in [0.5, 0.6) is 0 Å². The van der Waals surface area contributed by atoms with Crippen LogP contribution in [-0.2, 0) is 0 Å². The molecule has 1 rings (SSSR count). The fraction of sp³-hybridized carbons (Fsp3) is 0.917. The third-order valence-electron chi connectivity index (χ3n) is 3.38. The Morgan fingerprint density at radius 2 is 1.73 bits per heavy atom. The van der Waals surface area contributed by atoms with Gasteiger partial charge < -0.3 is 5.32 Å². The summed E-state index contributed by atoms with van der Waals surface area (Å²) in [5.74, 6) is 0.832. The fourth-order valence-corrected chi connectivity index (χ4v) is 3.19. The van der Waals surface area contributed by atoms with Crippen LogP contribution in [0.4, 0.5) is 4.79 Å². The Balaban J connectivity index is 2.33. The second-order valence-corrected chi connectivity index (χ2v) is 6.77. The zero-order valence-corrected chi connectivity index (χ0v) is 11.1. The van der Waals surface area contributed by atoms with Crippen LogP contribution < -0.4 is 5.32 Å². The van der Waals surface area contributed by atoms with Gasteiger partial charge in [-0.25, -0.2) is 0 Å². The highest BCUT2D eigenvalue weighted by Gasteiger charge is 2.30. The third kappa shape index (κ3) is 4.06. The molecule has 0 aromatic carbocycles. The van der Waals surface area contributed by atoms with Gasteiger partial charge in [-0.05, 0) is 37.0 Å². The summed E-state index contributed by atoms with van der Waals surface area (Å²) < 4.78 is 0. The number of hydrogen-bond acceptors (Lipinski definition) is 2. The molecule has 88 valence electrons. The first-order valence-corrected chi connectivity index (χ1v) is 6.70. The molecule has 0 atom stereocenters. The number of amides is 1. The van der Waals surface area contributed by atoms with Gasteiger partial charge in [-0.3, -0.25) is 4.79 Å². The van der Waals surface area contributed by atoms with Gasteiger partial charge in [0.2, 0.25) is 0 Å². The van der Waals surface area contributed by atoms with Crippen molar-refractivity contribution in [2.75, 3.05) is 7.05 Å². The minimum Gasteiger partial charge on any atom is -0.350 e. The number of hydrogen-bond donors (Lipinski definition) is 1. The largest absolute Gasteiger partial charge is 0.350 e. The first-order chi connectivity index (χ1) is 6.93. The van der Waals surface area contributed by atoms with Crippen LogP contribution in [0.25, 0.3) is 0 Å².